The van der Waals surface area contributed by atoms with Gasteiger partial charge in [-0.25, -0.2) is 13.2 Å². The summed E-state index contributed by atoms with van der Waals surface area (Å²) in [5, 5.41) is 12.8. The number of nitrogens with two attached hydrogens (primary N) is 1. The summed E-state index contributed by atoms with van der Waals surface area (Å²) >= 11 is 0. The highest BCUT2D eigenvalue weighted by atomic mass is 32.2. The zero-order valence-electron chi connectivity index (χ0n) is 17.1. The summed E-state index contributed by atoms with van der Waals surface area (Å²) in [6.07, 6.45) is 2.07. The van der Waals surface area contributed by atoms with Crippen LogP contribution in [-0.4, -0.2) is 36.4 Å². The van der Waals surface area contributed by atoms with Gasteiger partial charge in [0, 0.05) is 23.6 Å². The number of carbonyl (C=O) groups excluding carboxylic acids is 2. The molecular formula is C22H20N4O6S. The molecule has 0 saturated carbocycles. The van der Waals surface area contributed by atoms with E-state index in [1.807, 2.05) is 0 Å². The maximum Gasteiger partial charge on any atom is 0.316 e. The van der Waals surface area contributed by atoms with Gasteiger partial charge in [-0.1, -0.05) is 18.2 Å². The third kappa shape index (κ3) is 5.71. The number of carboxylic acids is 1. The number of para-hydroxylation sites is 1. The van der Waals surface area contributed by atoms with Crippen LogP contribution in [0.15, 0.2) is 78.0 Å². The van der Waals surface area contributed by atoms with Gasteiger partial charge < -0.3 is 21.5 Å². The fourth-order valence-corrected chi connectivity index (χ4v) is 5.00. The van der Waals surface area contributed by atoms with Gasteiger partial charge in [-0.2, -0.15) is 0 Å². The molecule has 33 heavy (non-hydrogen) atoms. The van der Waals surface area contributed by atoms with Crippen molar-refractivity contribution in [3.63, 3.8) is 0 Å². The zero-order chi connectivity index (χ0) is 24.0. The number of urea groups is 1. The fraction of sp³-hybridized carbons (Fsp3) is 0.0909. The summed E-state index contributed by atoms with van der Waals surface area (Å²) < 4.78 is 26.9. The molecule has 0 aliphatic carbocycles. The predicted molar refractivity (Wildman–Crippen MR) is 120 cm³/mol. The Kier molecular flexibility index (Phi) is 7.04. The lowest BCUT2D eigenvalue weighted by molar-refractivity contribution is -0.137. The highest BCUT2D eigenvalue weighted by Gasteiger charge is 2.33. The van der Waals surface area contributed by atoms with E-state index >= 15 is 0 Å². The van der Waals surface area contributed by atoms with E-state index in [2.05, 4.69) is 15.6 Å². The summed E-state index contributed by atoms with van der Waals surface area (Å²) in [6, 6.07) is 13.8. The number of nitrogens with zero attached hydrogens (tertiary/aromatic N) is 1. The van der Waals surface area contributed by atoms with Crippen molar-refractivity contribution in [2.24, 2.45) is 5.73 Å². The van der Waals surface area contributed by atoms with Crippen molar-refractivity contribution in [2.45, 2.75) is 16.6 Å². The number of anilines is 2. The second-order valence-corrected chi connectivity index (χ2v) is 9.03. The minimum Gasteiger partial charge on any atom is -0.481 e. The molecule has 0 aliphatic rings. The first-order chi connectivity index (χ1) is 15.7. The van der Waals surface area contributed by atoms with E-state index in [0.717, 1.165) is 0 Å². The highest BCUT2D eigenvalue weighted by molar-refractivity contribution is 7.91. The van der Waals surface area contributed by atoms with E-state index in [-0.39, 0.29) is 21.7 Å². The molecule has 1 unspecified atom stereocenters. The molecule has 0 aliphatic heterocycles. The molecule has 3 amide bonds. The van der Waals surface area contributed by atoms with Crippen LogP contribution in [0.25, 0.3) is 0 Å². The van der Waals surface area contributed by atoms with Crippen LogP contribution in [0.5, 0.6) is 0 Å². The van der Waals surface area contributed by atoms with Crippen LogP contribution in [0.2, 0.25) is 0 Å². The van der Waals surface area contributed by atoms with Gasteiger partial charge in [0.05, 0.1) is 17.0 Å². The second-order valence-electron chi connectivity index (χ2n) is 6.93. The number of sulfone groups is 1. The van der Waals surface area contributed by atoms with Crippen LogP contribution in [0.3, 0.4) is 0 Å². The van der Waals surface area contributed by atoms with Gasteiger partial charge in [0.2, 0.25) is 0 Å². The smallest absolute Gasteiger partial charge is 0.316 e. The summed E-state index contributed by atoms with van der Waals surface area (Å²) in [6.45, 7) is 0. The number of aliphatic carboxylic acids is 1. The maximum atomic E-state index is 13.5. The van der Waals surface area contributed by atoms with Gasteiger partial charge in [0.1, 0.15) is 5.25 Å². The number of benzene rings is 2. The van der Waals surface area contributed by atoms with E-state index in [0.29, 0.717) is 5.69 Å². The minimum atomic E-state index is -4.22. The van der Waals surface area contributed by atoms with Crippen molar-refractivity contribution in [3.8, 4) is 0 Å². The number of hydrogen-bond acceptors (Lipinski definition) is 6. The molecule has 1 aromatic heterocycles. The molecule has 1 heterocycles. The van der Waals surface area contributed by atoms with Gasteiger partial charge in [-0.3, -0.25) is 14.6 Å². The third-order valence-corrected chi connectivity index (χ3v) is 6.80. The molecule has 0 radical (unpaired) electrons. The molecular weight excluding hydrogens is 448 g/mol. The molecule has 10 nitrogen and oxygen atoms in total. The average molecular weight is 468 g/mol. The van der Waals surface area contributed by atoms with E-state index in [1.54, 1.807) is 6.07 Å². The van der Waals surface area contributed by atoms with E-state index in [1.165, 1.54) is 67.0 Å². The Bertz CT molecular complexity index is 1280. The lowest BCUT2D eigenvalue weighted by Gasteiger charge is -2.19. The summed E-state index contributed by atoms with van der Waals surface area (Å²) in [4.78, 5) is 38.7. The summed E-state index contributed by atoms with van der Waals surface area (Å²) in [5.74, 6) is -1.89. The molecule has 3 aromatic rings. The fourth-order valence-electron chi connectivity index (χ4n) is 3.14. The monoisotopic (exact) mass is 468 g/mol. The standard InChI is InChI=1S/C22H20N4O6S/c23-22(30)25-16-9-7-14(8-10-16)21(29)26-17-5-1-2-6-18(17)33(31,32)19(12-20(27)28)15-4-3-11-24-13-15/h1-11,13,19H,12H2,(H,26,29)(H,27,28)(H3,23,25,30). The van der Waals surface area contributed by atoms with Crippen LogP contribution >= 0.6 is 0 Å². The second kappa shape index (κ2) is 9.92. The average Bonchev–Trinajstić information content (AvgIpc) is 2.78. The Morgan fingerprint density at radius 1 is 0.970 bits per heavy atom. The van der Waals surface area contributed by atoms with E-state index in [9.17, 15) is 27.9 Å². The van der Waals surface area contributed by atoms with Crippen molar-refractivity contribution in [3.05, 3.63) is 84.2 Å². The number of pyridine rings is 1. The molecule has 0 saturated heterocycles. The first-order valence-corrected chi connectivity index (χ1v) is 11.2. The van der Waals surface area contributed by atoms with E-state index < -0.39 is 39.4 Å². The topological polar surface area (TPSA) is 169 Å². The first-order valence-electron chi connectivity index (χ1n) is 9.61. The van der Waals surface area contributed by atoms with Gasteiger partial charge in [-0.15, -0.1) is 0 Å². The van der Waals surface area contributed by atoms with Crippen LogP contribution in [0.4, 0.5) is 16.2 Å². The Morgan fingerprint density at radius 2 is 1.67 bits per heavy atom. The quantitative estimate of drug-likeness (QED) is 0.394. The van der Waals surface area contributed by atoms with Crippen LogP contribution in [-0.2, 0) is 14.6 Å². The largest absolute Gasteiger partial charge is 0.481 e. The Morgan fingerprint density at radius 3 is 2.27 bits per heavy atom. The Hall–Kier alpha value is -4.25. The molecule has 0 bridgehead atoms. The lowest BCUT2D eigenvalue weighted by atomic mass is 10.1. The molecule has 11 heteroatoms. The number of carbonyl (C=O) groups is 3. The maximum absolute atomic E-state index is 13.5. The van der Waals surface area contributed by atoms with E-state index in [4.69, 9.17) is 5.73 Å². The molecule has 2 aromatic carbocycles. The molecule has 3 rings (SSSR count). The number of rotatable bonds is 8. The van der Waals surface area contributed by atoms with Crippen LogP contribution in [0, 0.1) is 0 Å². The predicted octanol–water partition coefficient (Wildman–Crippen LogP) is 2.81. The van der Waals surface area contributed by atoms with Crippen molar-refractivity contribution in [2.75, 3.05) is 10.6 Å². The Balaban J connectivity index is 1.93. The van der Waals surface area contributed by atoms with Crippen molar-refractivity contribution < 1.29 is 27.9 Å². The lowest BCUT2D eigenvalue weighted by Crippen LogP contribution is -2.21. The SMILES string of the molecule is NC(=O)Nc1ccc(C(=O)Nc2ccccc2S(=O)(=O)C(CC(=O)O)c2cccnc2)cc1. The first kappa shape index (κ1) is 23.4. The molecule has 0 spiro atoms. The number of amides is 3. The molecule has 5 N–H and O–H groups in total. The molecule has 170 valence electrons. The van der Waals surface area contributed by atoms with Gasteiger partial charge >= 0.3 is 12.0 Å². The van der Waals surface area contributed by atoms with Crippen LogP contribution in [0.1, 0.15) is 27.6 Å². The van der Waals surface area contributed by atoms with Crippen molar-refractivity contribution >= 4 is 39.1 Å². The number of carboxylic acid groups (broad SMARTS) is 1. The number of nitrogens with one attached hydrogen (secondary N) is 2. The van der Waals surface area contributed by atoms with Crippen molar-refractivity contribution in [1.29, 1.82) is 0 Å². The van der Waals surface area contributed by atoms with Gasteiger partial charge in [-0.05, 0) is 48.0 Å². The number of hydrogen-bond donors (Lipinski definition) is 4. The van der Waals surface area contributed by atoms with Crippen LogP contribution < -0.4 is 16.4 Å². The van der Waals surface area contributed by atoms with Gasteiger partial charge in [0.25, 0.3) is 5.91 Å². The van der Waals surface area contributed by atoms with Gasteiger partial charge in [0.15, 0.2) is 9.84 Å². The minimum absolute atomic E-state index is 0.00103. The third-order valence-electron chi connectivity index (χ3n) is 4.65. The summed E-state index contributed by atoms with van der Waals surface area (Å²) in [7, 11) is -4.22. The summed E-state index contributed by atoms with van der Waals surface area (Å²) in [5.41, 5.74) is 5.86. The highest BCUT2D eigenvalue weighted by Crippen LogP contribution is 2.35. The molecule has 0 fully saturated rings. The number of aromatic nitrogens is 1. The zero-order valence-corrected chi connectivity index (χ0v) is 18.0. The normalized spacial score (nSPS) is 11.9. The van der Waals surface area contributed by atoms with Crippen molar-refractivity contribution in [1.82, 2.24) is 4.98 Å². The Labute approximate surface area is 189 Å². The molecule has 1 atom stereocenters. The number of primary amides is 1.